The van der Waals surface area contributed by atoms with Crippen molar-refractivity contribution < 1.29 is 9.84 Å². The highest BCUT2D eigenvalue weighted by atomic mass is 16.5. The van der Waals surface area contributed by atoms with E-state index in [-0.39, 0.29) is 11.9 Å². The van der Waals surface area contributed by atoms with Crippen molar-refractivity contribution in [1.29, 1.82) is 0 Å². The Hall–Kier alpha value is -2.93. The minimum absolute atomic E-state index is 0.140. The van der Waals surface area contributed by atoms with Crippen LogP contribution in [-0.2, 0) is 0 Å². The molecule has 5 rings (SSSR count). The predicted octanol–water partition coefficient (Wildman–Crippen LogP) is 2.70. The van der Waals surface area contributed by atoms with Crippen molar-refractivity contribution in [3.05, 3.63) is 48.8 Å². The quantitative estimate of drug-likeness (QED) is 0.741. The molecule has 2 fully saturated rings. The van der Waals surface area contributed by atoms with Gasteiger partial charge in [0.1, 0.15) is 11.9 Å². The molecule has 2 saturated heterocycles. The Kier molecular flexibility index (Phi) is 4.01. The molecule has 0 radical (unpaired) electrons. The fourth-order valence-corrected chi connectivity index (χ4v) is 4.10. The van der Waals surface area contributed by atoms with Gasteiger partial charge in [-0.3, -0.25) is 0 Å². The fraction of sp³-hybridized carbons (Fsp3) is 0.350. The first-order chi connectivity index (χ1) is 13.2. The Bertz CT molecular complexity index is 914. The standard InChI is InChI=1S/C20H21N5O2/c26-19-12-15(25-9-1-8-21-25)4-5-17(19)18-6-7-20(24-23-18)27-16-10-13-2-3-14(11-16)22-13/h1,4-9,12-14,16,22,26H,2-3,10-11H2/t13-,14+,16+. The minimum atomic E-state index is 0.140. The third-order valence-electron chi connectivity index (χ3n) is 5.38. The second kappa shape index (κ2) is 6.66. The molecule has 7 heteroatoms. The van der Waals surface area contributed by atoms with Crippen molar-refractivity contribution in [3.63, 3.8) is 0 Å². The van der Waals surface area contributed by atoms with Gasteiger partial charge in [-0.15, -0.1) is 10.2 Å². The van der Waals surface area contributed by atoms with Gasteiger partial charge in [0, 0.05) is 42.2 Å². The fourth-order valence-electron chi connectivity index (χ4n) is 4.10. The first-order valence-corrected chi connectivity index (χ1v) is 9.34. The van der Waals surface area contributed by atoms with Gasteiger partial charge in [-0.2, -0.15) is 5.10 Å². The molecule has 3 aromatic rings. The molecule has 2 aliphatic heterocycles. The minimum Gasteiger partial charge on any atom is -0.507 e. The molecule has 27 heavy (non-hydrogen) atoms. The lowest BCUT2D eigenvalue weighted by atomic mass is 10.0. The molecule has 3 atom stereocenters. The second-order valence-corrected chi connectivity index (χ2v) is 7.26. The maximum atomic E-state index is 10.4. The van der Waals surface area contributed by atoms with Crippen LogP contribution in [0.15, 0.2) is 48.8 Å². The number of hydrogen-bond acceptors (Lipinski definition) is 6. The average Bonchev–Trinajstić information content (AvgIpc) is 3.32. The van der Waals surface area contributed by atoms with E-state index in [0.29, 0.717) is 29.2 Å². The number of piperidine rings is 1. The third kappa shape index (κ3) is 3.26. The van der Waals surface area contributed by atoms with Gasteiger partial charge in [0.15, 0.2) is 0 Å². The summed E-state index contributed by atoms with van der Waals surface area (Å²) in [5.74, 6) is 0.679. The van der Waals surface area contributed by atoms with Gasteiger partial charge in [-0.1, -0.05) is 0 Å². The topological polar surface area (TPSA) is 85.1 Å². The smallest absolute Gasteiger partial charge is 0.233 e. The summed E-state index contributed by atoms with van der Waals surface area (Å²) in [6.45, 7) is 0. The number of aromatic nitrogens is 4. The van der Waals surface area contributed by atoms with Crippen LogP contribution in [0.4, 0.5) is 0 Å². The zero-order valence-electron chi connectivity index (χ0n) is 14.8. The molecule has 4 heterocycles. The number of nitrogens with zero attached hydrogens (tertiary/aromatic N) is 4. The van der Waals surface area contributed by atoms with Crippen LogP contribution >= 0.6 is 0 Å². The van der Waals surface area contributed by atoms with E-state index in [1.807, 2.05) is 36.5 Å². The van der Waals surface area contributed by atoms with Gasteiger partial charge in [-0.25, -0.2) is 4.68 Å². The van der Waals surface area contributed by atoms with Gasteiger partial charge in [-0.05, 0) is 49.9 Å². The largest absolute Gasteiger partial charge is 0.507 e. The predicted molar refractivity (Wildman–Crippen MR) is 99.9 cm³/mol. The SMILES string of the molecule is Oc1cc(-n2cccn2)ccc1-c1ccc(O[C@H]2C[C@H]3CC[C@@H](C2)N3)nn1. The van der Waals surface area contributed by atoms with E-state index in [1.165, 1.54) is 12.8 Å². The second-order valence-electron chi connectivity index (χ2n) is 7.26. The first-order valence-electron chi connectivity index (χ1n) is 9.34. The summed E-state index contributed by atoms with van der Waals surface area (Å²) in [5, 5.41) is 26.6. The number of phenolic OH excluding ortho intramolecular Hbond substituents is 1. The molecule has 138 valence electrons. The molecule has 0 aliphatic carbocycles. The Morgan fingerprint density at radius 2 is 1.93 bits per heavy atom. The monoisotopic (exact) mass is 363 g/mol. The van der Waals surface area contributed by atoms with Crippen LogP contribution in [0, 0.1) is 0 Å². The van der Waals surface area contributed by atoms with E-state index < -0.39 is 0 Å². The highest BCUT2D eigenvalue weighted by molar-refractivity contribution is 5.68. The summed E-state index contributed by atoms with van der Waals surface area (Å²) in [6, 6.07) is 12.0. The van der Waals surface area contributed by atoms with E-state index in [0.717, 1.165) is 18.5 Å². The van der Waals surface area contributed by atoms with Crippen LogP contribution in [-0.4, -0.2) is 43.3 Å². The summed E-state index contributed by atoms with van der Waals surface area (Å²) in [7, 11) is 0. The lowest BCUT2D eigenvalue weighted by Gasteiger charge is -2.28. The van der Waals surface area contributed by atoms with Crippen LogP contribution in [0.25, 0.3) is 16.9 Å². The molecule has 1 aromatic carbocycles. The number of aromatic hydroxyl groups is 1. The lowest BCUT2D eigenvalue weighted by Crippen LogP contribution is -2.42. The number of ether oxygens (including phenoxy) is 1. The van der Waals surface area contributed by atoms with Gasteiger partial charge < -0.3 is 15.2 Å². The highest BCUT2D eigenvalue weighted by Gasteiger charge is 2.34. The van der Waals surface area contributed by atoms with E-state index in [9.17, 15) is 5.11 Å². The van der Waals surface area contributed by atoms with Crippen molar-refractivity contribution >= 4 is 0 Å². The number of fused-ring (bicyclic) bond motifs is 2. The van der Waals surface area contributed by atoms with Gasteiger partial charge in [0.2, 0.25) is 5.88 Å². The van der Waals surface area contributed by atoms with Crippen LogP contribution in [0.2, 0.25) is 0 Å². The zero-order valence-corrected chi connectivity index (χ0v) is 14.8. The summed E-state index contributed by atoms with van der Waals surface area (Å²) in [4.78, 5) is 0. The van der Waals surface area contributed by atoms with Crippen molar-refractivity contribution in [2.45, 2.75) is 43.9 Å². The average molecular weight is 363 g/mol. The summed E-state index contributed by atoms with van der Waals surface area (Å²) >= 11 is 0. The van der Waals surface area contributed by atoms with Crippen LogP contribution < -0.4 is 10.1 Å². The Balaban J connectivity index is 1.31. The van der Waals surface area contributed by atoms with E-state index >= 15 is 0 Å². The highest BCUT2D eigenvalue weighted by Crippen LogP contribution is 2.31. The Morgan fingerprint density at radius 1 is 1.07 bits per heavy atom. The van der Waals surface area contributed by atoms with Crippen LogP contribution in [0.5, 0.6) is 11.6 Å². The molecule has 2 aliphatic rings. The van der Waals surface area contributed by atoms with Gasteiger partial charge in [0.05, 0.1) is 11.4 Å². The molecular weight excluding hydrogens is 342 g/mol. The number of nitrogens with one attached hydrogen (secondary N) is 1. The normalized spacial score (nSPS) is 24.1. The molecule has 2 aromatic heterocycles. The molecule has 0 saturated carbocycles. The van der Waals surface area contributed by atoms with Crippen LogP contribution in [0.1, 0.15) is 25.7 Å². The van der Waals surface area contributed by atoms with Crippen molar-refractivity contribution in [2.75, 3.05) is 0 Å². The summed E-state index contributed by atoms with van der Waals surface area (Å²) in [5.41, 5.74) is 2.02. The molecule has 2 bridgehead atoms. The lowest BCUT2D eigenvalue weighted by molar-refractivity contribution is 0.130. The number of benzene rings is 1. The van der Waals surface area contributed by atoms with E-state index in [1.54, 1.807) is 16.9 Å². The molecule has 0 unspecified atom stereocenters. The number of hydrogen-bond donors (Lipinski definition) is 2. The summed E-state index contributed by atoms with van der Waals surface area (Å²) < 4.78 is 7.73. The third-order valence-corrected chi connectivity index (χ3v) is 5.38. The van der Waals surface area contributed by atoms with E-state index in [4.69, 9.17) is 4.74 Å². The number of phenols is 1. The Labute approximate surface area is 157 Å². The molecule has 0 amide bonds. The maximum Gasteiger partial charge on any atom is 0.233 e. The number of rotatable bonds is 4. The molecule has 2 N–H and O–H groups in total. The molecule has 0 spiro atoms. The summed E-state index contributed by atoms with van der Waals surface area (Å²) in [6.07, 6.45) is 8.25. The molecular formula is C20H21N5O2. The van der Waals surface area contributed by atoms with Gasteiger partial charge in [0.25, 0.3) is 0 Å². The van der Waals surface area contributed by atoms with Gasteiger partial charge >= 0.3 is 0 Å². The zero-order chi connectivity index (χ0) is 18.2. The van der Waals surface area contributed by atoms with Crippen molar-refractivity contribution in [3.8, 4) is 28.6 Å². The van der Waals surface area contributed by atoms with E-state index in [2.05, 4.69) is 20.6 Å². The van der Waals surface area contributed by atoms with Crippen LogP contribution in [0.3, 0.4) is 0 Å². The Morgan fingerprint density at radius 3 is 2.59 bits per heavy atom. The molecule has 7 nitrogen and oxygen atoms in total. The first kappa shape index (κ1) is 16.3. The van der Waals surface area contributed by atoms with Crippen molar-refractivity contribution in [1.82, 2.24) is 25.3 Å². The maximum absolute atomic E-state index is 10.4. The van der Waals surface area contributed by atoms with Crippen molar-refractivity contribution in [2.24, 2.45) is 0 Å².